The molecule has 0 fully saturated rings. The van der Waals surface area contributed by atoms with Gasteiger partial charge in [0.1, 0.15) is 0 Å². The Morgan fingerprint density at radius 3 is 2.00 bits per heavy atom. The predicted octanol–water partition coefficient (Wildman–Crippen LogP) is 4.70. The van der Waals surface area contributed by atoms with E-state index in [0.717, 1.165) is 0 Å². The van der Waals surface area contributed by atoms with Gasteiger partial charge in [-0.05, 0) is 65.0 Å². The average Bonchev–Trinajstić information content (AvgIpc) is 2.70. The van der Waals surface area contributed by atoms with E-state index in [1.165, 1.54) is 0 Å². The van der Waals surface area contributed by atoms with Gasteiger partial charge < -0.3 is 24.3 Å². The summed E-state index contributed by atoms with van der Waals surface area (Å²) < 4.78 is 22.2. The highest BCUT2D eigenvalue weighted by Crippen LogP contribution is 2.39. The summed E-state index contributed by atoms with van der Waals surface area (Å²) in [5.74, 6) is 0.527. The minimum atomic E-state index is -0.445. The first-order chi connectivity index (χ1) is 14.4. The van der Waals surface area contributed by atoms with E-state index in [-0.39, 0.29) is 12.0 Å². The minimum absolute atomic E-state index is 0.228. The Morgan fingerprint density at radius 2 is 1.47 bits per heavy atom. The van der Waals surface area contributed by atoms with Gasteiger partial charge in [0.05, 0.1) is 31.5 Å². The van der Waals surface area contributed by atoms with E-state index in [9.17, 15) is 9.59 Å². The van der Waals surface area contributed by atoms with Crippen molar-refractivity contribution in [3.8, 4) is 17.2 Å². The third-order valence-corrected chi connectivity index (χ3v) is 3.87. The maximum Gasteiger partial charge on any atom is 0.338 e. The van der Waals surface area contributed by atoms with Crippen LogP contribution in [0.3, 0.4) is 0 Å². The summed E-state index contributed by atoms with van der Waals surface area (Å²) in [6.07, 6.45) is -0.228. The van der Waals surface area contributed by atoms with Gasteiger partial charge in [-0.15, -0.1) is 0 Å². The number of carbonyl (C=O) groups is 2. The molecule has 0 unspecified atom stereocenters. The van der Waals surface area contributed by atoms with Gasteiger partial charge in [-0.25, -0.2) is 4.79 Å². The smallest absolute Gasteiger partial charge is 0.338 e. The standard InChI is InChI=1S/C23H29NO6/c1-6-27-19-13-17(14-20(28-7-2)21(19)29-8-3)22(25)24-18-11-9-10-16(12-18)23(26)30-15(4)5/h9-15H,6-8H2,1-5H3,(H,24,25). The molecule has 2 aromatic rings. The van der Waals surface area contributed by atoms with Gasteiger partial charge >= 0.3 is 5.97 Å². The number of amides is 1. The fraction of sp³-hybridized carbons (Fsp3) is 0.391. The lowest BCUT2D eigenvalue weighted by atomic mass is 10.1. The summed E-state index contributed by atoms with van der Waals surface area (Å²) in [4.78, 5) is 25.0. The van der Waals surface area contributed by atoms with E-state index in [1.807, 2.05) is 20.8 Å². The van der Waals surface area contributed by atoms with Crippen molar-refractivity contribution in [2.45, 2.75) is 40.7 Å². The van der Waals surface area contributed by atoms with Crippen LogP contribution in [-0.4, -0.2) is 37.8 Å². The van der Waals surface area contributed by atoms with Crippen LogP contribution in [0.1, 0.15) is 55.3 Å². The molecule has 0 saturated heterocycles. The van der Waals surface area contributed by atoms with E-state index < -0.39 is 5.97 Å². The first-order valence-corrected chi connectivity index (χ1v) is 10.1. The predicted molar refractivity (Wildman–Crippen MR) is 115 cm³/mol. The van der Waals surface area contributed by atoms with Crippen LogP contribution in [0.25, 0.3) is 0 Å². The number of anilines is 1. The molecule has 30 heavy (non-hydrogen) atoms. The molecule has 1 amide bonds. The summed E-state index contributed by atoms with van der Waals surface area (Å²) >= 11 is 0. The highest BCUT2D eigenvalue weighted by molar-refractivity contribution is 6.05. The number of rotatable bonds is 10. The normalized spacial score (nSPS) is 10.5. The highest BCUT2D eigenvalue weighted by Gasteiger charge is 2.19. The Hall–Kier alpha value is -3.22. The third-order valence-electron chi connectivity index (χ3n) is 3.87. The van der Waals surface area contributed by atoms with Crippen molar-refractivity contribution in [2.24, 2.45) is 0 Å². The summed E-state index contributed by atoms with van der Waals surface area (Å²) in [6, 6.07) is 9.82. The van der Waals surface area contributed by atoms with Gasteiger partial charge in [0.25, 0.3) is 5.91 Å². The Balaban J connectivity index is 2.31. The summed E-state index contributed by atoms with van der Waals surface area (Å²) in [7, 11) is 0. The van der Waals surface area contributed by atoms with Gasteiger partial charge in [-0.3, -0.25) is 4.79 Å². The van der Waals surface area contributed by atoms with E-state index >= 15 is 0 Å². The van der Waals surface area contributed by atoms with E-state index in [1.54, 1.807) is 50.2 Å². The number of hydrogen-bond donors (Lipinski definition) is 1. The van der Waals surface area contributed by atoms with Crippen LogP contribution in [0, 0.1) is 0 Å². The lowest BCUT2D eigenvalue weighted by molar-refractivity contribution is 0.0377. The number of benzene rings is 2. The monoisotopic (exact) mass is 415 g/mol. The lowest BCUT2D eigenvalue weighted by Crippen LogP contribution is -2.15. The maximum atomic E-state index is 12.9. The van der Waals surface area contributed by atoms with Crippen LogP contribution in [0.4, 0.5) is 5.69 Å². The van der Waals surface area contributed by atoms with Crippen LogP contribution in [0.5, 0.6) is 17.2 Å². The second kappa shape index (κ2) is 11.1. The van der Waals surface area contributed by atoms with Crippen LogP contribution in [0.2, 0.25) is 0 Å². The van der Waals surface area contributed by atoms with Crippen molar-refractivity contribution < 1.29 is 28.5 Å². The molecule has 7 heteroatoms. The first kappa shape index (κ1) is 23.1. The molecule has 0 aromatic heterocycles. The molecule has 0 atom stereocenters. The Bertz CT molecular complexity index is 851. The molecule has 2 aromatic carbocycles. The lowest BCUT2D eigenvalue weighted by Gasteiger charge is -2.17. The fourth-order valence-electron chi connectivity index (χ4n) is 2.73. The molecule has 0 heterocycles. The SMILES string of the molecule is CCOc1cc(C(=O)Nc2cccc(C(=O)OC(C)C)c2)cc(OCC)c1OCC. The molecule has 162 valence electrons. The van der Waals surface area contributed by atoms with Gasteiger partial charge in [-0.2, -0.15) is 0 Å². The fourth-order valence-corrected chi connectivity index (χ4v) is 2.73. The van der Waals surface area contributed by atoms with Crippen LogP contribution >= 0.6 is 0 Å². The molecule has 0 aliphatic carbocycles. The van der Waals surface area contributed by atoms with Gasteiger partial charge in [-0.1, -0.05) is 6.07 Å². The quantitative estimate of drug-likeness (QED) is 0.566. The number of esters is 1. The summed E-state index contributed by atoms with van der Waals surface area (Å²) in [5, 5.41) is 2.80. The highest BCUT2D eigenvalue weighted by atomic mass is 16.5. The Morgan fingerprint density at radius 1 is 0.867 bits per heavy atom. The van der Waals surface area contributed by atoms with E-state index in [2.05, 4.69) is 5.32 Å². The molecule has 0 aliphatic heterocycles. The zero-order valence-electron chi connectivity index (χ0n) is 18.1. The molecule has 0 aliphatic rings. The van der Waals surface area contributed by atoms with Crippen molar-refractivity contribution in [3.63, 3.8) is 0 Å². The first-order valence-electron chi connectivity index (χ1n) is 10.1. The van der Waals surface area contributed by atoms with Gasteiger partial charge in [0.15, 0.2) is 11.5 Å². The Labute approximate surface area is 177 Å². The van der Waals surface area contributed by atoms with Crippen LogP contribution in [0.15, 0.2) is 36.4 Å². The number of ether oxygens (including phenoxy) is 4. The maximum absolute atomic E-state index is 12.9. The van der Waals surface area contributed by atoms with Crippen molar-refractivity contribution in [3.05, 3.63) is 47.5 Å². The zero-order valence-corrected chi connectivity index (χ0v) is 18.1. The molecule has 2 rings (SSSR count). The number of carbonyl (C=O) groups excluding carboxylic acids is 2. The minimum Gasteiger partial charge on any atom is -0.490 e. The molecule has 1 N–H and O–H groups in total. The zero-order chi connectivity index (χ0) is 22.1. The summed E-state index contributed by atoms with van der Waals surface area (Å²) in [6.45, 7) is 10.4. The molecular formula is C23H29NO6. The molecule has 0 spiro atoms. The Kier molecular flexibility index (Phi) is 8.53. The molecule has 0 bridgehead atoms. The topological polar surface area (TPSA) is 83.1 Å². The molecule has 7 nitrogen and oxygen atoms in total. The largest absolute Gasteiger partial charge is 0.490 e. The van der Waals surface area contributed by atoms with Crippen molar-refractivity contribution in [1.82, 2.24) is 0 Å². The summed E-state index contributed by atoms with van der Waals surface area (Å²) in [5.41, 5.74) is 1.18. The number of nitrogens with one attached hydrogen (secondary N) is 1. The van der Waals surface area contributed by atoms with E-state index in [0.29, 0.717) is 53.9 Å². The van der Waals surface area contributed by atoms with Crippen LogP contribution in [-0.2, 0) is 4.74 Å². The van der Waals surface area contributed by atoms with Crippen molar-refractivity contribution in [1.29, 1.82) is 0 Å². The second-order valence-corrected chi connectivity index (χ2v) is 6.59. The third kappa shape index (κ3) is 6.14. The number of hydrogen-bond acceptors (Lipinski definition) is 6. The van der Waals surface area contributed by atoms with E-state index in [4.69, 9.17) is 18.9 Å². The molecule has 0 radical (unpaired) electrons. The molecule has 0 saturated carbocycles. The molecular weight excluding hydrogens is 386 g/mol. The van der Waals surface area contributed by atoms with Crippen molar-refractivity contribution in [2.75, 3.05) is 25.1 Å². The van der Waals surface area contributed by atoms with Crippen molar-refractivity contribution >= 4 is 17.6 Å². The van der Waals surface area contributed by atoms with Gasteiger partial charge in [0.2, 0.25) is 5.75 Å². The van der Waals surface area contributed by atoms with Crippen LogP contribution < -0.4 is 19.5 Å². The second-order valence-electron chi connectivity index (χ2n) is 6.59. The van der Waals surface area contributed by atoms with Gasteiger partial charge in [0, 0.05) is 11.3 Å². The average molecular weight is 415 g/mol.